The van der Waals surface area contributed by atoms with Crippen LogP contribution in [0.1, 0.15) is 52.4 Å². The monoisotopic (exact) mass is 324 g/mol. The summed E-state index contributed by atoms with van der Waals surface area (Å²) in [6, 6.07) is 0.703. The first-order valence-electron chi connectivity index (χ1n) is 9.39. The Balaban J connectivity index is 1.72. The summed E-state index contributed by atoms with van der Waals surface area (Å²) in [4.78, 5) is 16.5. The normalized spacial score (nSPS) is 22.8. The molecule has 1 saturated carbocycles. The lowest BCUT2D eigenvalue weighted by atomic mass is 9.67. The second-order valence-corrected chi connectivity index (χ2v) is 8.19. The highest BCUT2D eigenvalue weighted by molar-refractivity contribution is 5.79. The number of hydrogen-bond donors (Lipinski definition) is 0. The van der Waals surface area contributed by atoms with Crippen molar-refractivity contribution in [2.75, 3.05) is 46.9 Å². The second kappa shape index (κ2) is 8.59. The summed E-state index contributed by atoms with van der Waals surface area (Å²) in [5.74, 6) is 1.19. The molecule has 1 aliphatic carbocycles. The number of carbonyl (C=O) groups is 1. The van der Waals surface area contributed by atoms with Crippen LogP contribution in [0, 0.1) is 11.3 Å². The van der Waals surface area contributed by atoms with Crippen molar-refractivity contribution in [3.05, 3.63) is 0 Å². The van der Waals surface area contributed by atoms with Gasteiger partial charge in [0, 0.05) is 45.6 Å². The third kappa shape index (κ3) is 5.27. The van der Waals surface area contributed by atoms with Crippen molar-refractivity contribution in [2.45, 2.75) is 58.4 Å². The highest BCUT2D eigenvalue weighted by atomic mass is 16.5. The molecule has 2 aliphatic rings. The van der Waals surface area contributed by atoms with Gasteiger partial charge in [-0.05, 0) is 50.6 Å². The fourth-order valence-electron chi connectivity index (χ4n) is 4.29. The van der Waals surface area contributed by atoms with E-state index < -0.39 is 0 Å². The van der Waals surface area contributed by atoms with Crippen LogP contribution in [-0.2, 0) is 9.53 Å². The van der Waals surface area contributed by atoms with E-state index in [0.29, 0.717) is 23.2 Å². The molecule has 0 N–H and O–H groups in total. The number of ether oxygens (including phenoxy) is 1. The molecule has 0 radical (unpaired) electrons. The molecule has 0 aromatic rings. The summed E-state index contributed by atoms with van der Waals surface area (Å²) in [6.07, 6.45) is 6.45. The number of hydrogen-bond acceptors (Lipinski definition) is 4. The van der Waals surface area contributed by atoms with Crippen LogP contribution in [0.5, 0.6) is 0 Å². The Kier molecular flexibility index (Phi) is 7.05. The van der Waals surface area contributed by atoms with E-state index in [4.69, 9.17) is 4.74 Å². The van der Waals surface area contributed by atoms with Crippen LogP contribution in [-0.4, -0.2) is 68.6 Å². The fraction of sp³-hybridized carbons (Fsp3) is 0.947. The van der Waals surface area contributed by atoms with Crippen molar-refractivity contribution in [3.8, 4) is 0 Å². The zero-order chi connectivity index (χ0) is 16.9. The minimum Gasteiger partial charge on any atom is -0.383 e. The summed E-state index contributed by atoms with van der Waals surface area (Å²) < 4.78 is 5.14. The standard InChI is InChI=1S/C19H36N2O2/c1-16(2)18(6-5-11-20(3)12-13-23-4)21-14-19(15-21)9-7-17(22)8-10-19/h16,18H,5-15H2,1-4H3/t18-/m1/s1. The number of carbonyl (C=O) groups excluding carboxylic acids is 1. The number of ketones is 1. The van der Waals surface area contributed by atoms with Crippen LogP contribution >= 0.6 is 0 Å². The first-order chi connectivity index (χ1) is 11.0. The van der Waals surface area contributed by atoms with Gasteiger partial charge < -0.3 is 9.64 Å². The molecule has 0 aromatic heterocycles. The van der Waals surface area contributed by atoms with Gasteiger partial charge in [0.2, 0.25) is 0 Å². The maximum absolute atomic E-state index is 11.5. The highest BCUT2D eigenvalue weighted by Gasteiger charge is 2.47. The molecule has 1 aliphatic heterocycles. The molecular weight excluding hydrogens is 288 g/mol. The molecule has 2 rings (SSSR count). The van der Waals surface area contributed by atoms with E-state index in [1.807, 2.05) is 0 Å². The number of rotatable bonds is 9. The smallest absolute Gasteiger partial charge is 0.132 e. The van der Waals surface area contributed by atoms with E-state index in [0.717, 1.165) is 45.4 Å². The molecule has 0 amide bonds. The summed E-state index contributed by atoms with van der Waals surface area (Å²) in [7, 11) is 3.95. The van der Waals surface area contributed by atoms with E-state index >= 15 is 0 Å². The van der Waals surface area contributed by atoms with Gasteiger partial charge in [0.1, 0.15) is 5.78 Å². The lowest BCUT2D eigenvalue weighted by Crippen LogP contribution is -2.61. The van der Waals surface area contributed by atoms with Gasteiger partial charge in [-0.25, -0.2) is 0 Å². The van der Waals surface area contributed by atoms with Crippen LogP contribution < -0.4 is 0 Å². The summed E-state index contributed by atoms with van der Waals surface area (Å²) in [6.45, 7) is 10.1. The molecule has 1 atom stereocenters. The quantitative estimate of drug-likeness (QED) is 0.653. The highest BCUT2D eigenvalue weighted by Crippen LogP contribution is 2.44. The molecule has 0 aromatic carbocycles. The Hall–Kier alpha value is -0.450. The van der Waals surface area contributed by atoms with Gasteiger partial charge in [-0.1, -0.05) is 13.8 Å². The minimum atomic E-state index is 0.480. The second-order valence-electron chi connectivity index (χ2n) is 8.19. The average molecular weight is 325 g/mol. The predicted molar refractivity (Wildman–Crippen MR) is 94.7 cm³/mol. The Bertz CT molecular complexity index is 366. The van der Waals surface area contributed by atoms with Gasteiger partial charge >= 0.3 is 0 Å². The number of Topliss-reactive ketones (excluding diaryl/α,β-unsaturated/α-hetero) is 1. The molecule has 1 heterocycles. The van der Waals surface area contributed by atoms with E-state index in [9.17, 15) is 4.79 Å². The number of likely N-dealkylation sites (tertiary alicyclic amines) is 1. The van der Waals surface area contributed by atoms with Crippen molar-refractivity contribution >= 4 is 5.78 Å². The maximum Gasteiger partial charge on any atom is 0.132 e. The van der Waals surface area contributed by atoms with Crippen molar-refractivity contribution in [1.29, 1.82) is 0 Å². The first-order valence-corrected chi connectivity index (χ1v) is 9.39. The average Bonchev–Trinajstić information content (AvgIpc) is 2.48. The van der Waals surface area contributed by atoms with E-state index in [-0.39, 0.29) is 0 Å². The van der Waals surface area contributed by atoms with Crippen molar-refractivity contribution in [1.82, 2.24) is 9.80 Å². The van der Waals surface area contributed by atoms with Crippen LogP contribution in [0.15, 0.2) is 0 Å². The van der Waals surface area contributed by atoms with Crippen molar-refractivity contribution in [2.24, 2.45) is 11.3 Å². The van der Waals surface area contributed by atoms with E-state index in [1.54, 1.807) is 7.11 Å². The topological polar surface area (TPSA) is 32.8 Å². The lowest BCUT2D eigenvalue weighted by molar-refractivity contribution is -0.128. The van der Waals surface area contributed by atoms with Crippen molar-refractivity contribution < 1.29 is 9.53 Å². The van der Waals surface area contributed by atoms with Gasteiger partial charge in [-0.3, -0.25) is 9.69 Å². The van der Waals surface area contributed by atoms with Gasteiger partial charge in [0.25, 0.3) is 0 Å². The molecule has 0 unspecified atom stereocenters. The largest absolute Gasteiger partial charge is 0.383 e. The molecule has 4 nitrogen and oxygen atoms in total. The zero-order valence-corrected chi connectivity index (χ0v) is 15.6. The molecule has 134 valence electrons. The Morgan fingerprint density at radius 1 is 1.22 bits per heavy atom. The van der Waals surface area contributed by atoms with Crippen molar-refractivity contribution in [3.63, 3.8) is 0 Å². The molecule has 0 bridgehead atoms. The Morgan fingerprint density at radius 2 is 1.87 bits per heavy atom. The third-order valence-corrected chi connectivity index (χ3v) is 5.90. The summed E-state index contributed by atoms with van der Waals surface area (Å²) >= 11 is 0. The first kappa shape index (κ1) is 18.9. The molecule has 1 spiro atoms. The third-order valence-electron chi connectivity index (χ3n) is 5.90. The Labute approximate surface area is 142 Å². The zero-order valence-electron chi connectivity index (χ0n) is 15.6. The van der Waals surface area contributed by atoms with Crippen LogP contribution in [0.3, 0.4) is 0 Å². The molecule has 2 fully saturated rings. The Morgan fingerprint density at radius 3 is 2.43 bits per heavy atom. The summed E-state index contributed by atoms with van der Waals surface area (Å²) in [5, 5.41) is 0. The van der Waals surface area contributed by atoms with Gasteiger partial charge in [0.05, 0.1) is 6.61 Å². The number of likely N-dealkylation sites (N-methyl/N-ethyl adjacent to an activating group) is 1. The van der Waals surface area contributed by atoms with E-state index in [1.165, 1.54) is 25.9 Å². The van der Waals surface area contributed by atoms with Crippen LogP contribution in [0.2, 0.25) is 0 Å². The predicted octanol–water partition coefficient (Wildman–Crippen LogP) is 2.81. The fourth-order valence-corrected chi connectivity index (χ4v) is 4.29. The number of nitrogens with zero attached hydrogens (tertiary/aromatic N) is 2. The lowest BCUT2D eigenvalue weighted by Gasteiger charge is -2.56. The minimum absolute atomic E-state index is 0.480. The molecule has 23 heavy (non-hydrogen) atoms. The molecular formula is C19H36N2O2. The van der Waals surface area contributed by atoms with Crippen LogP contribution in [0.25, 0.3) is 0 Å². The molecule has 4 heteroatoms. The van der Waals surface area contributed by atoms with Gasteiger partial charge in [0.15, 0.2) is 0 Å². The number of methoxy groups -OCH3 is 1. The van der Waals surface area contributed by atoms with Gasteiger partial charge in [-0.15, -0.1) is 0 Å². The van der Waals surface area contributed by atoms with E-state index in [2.05, 4.69) is 30.7 Å². The van der Waals surface area contributed by atoms with Crippen LogP contribution in [0.4, 0.5) is 0 Å². The summed E-state index contributed by atoms with van der Waals surface area (Å²) in [5.41, 5.74) is 0.482. The van der Waals surface area contributed by atoms with Gasteiger partial charge in [-0.2, -0.15) is 0 Å². The maximum atomic E-state index is 11.5. The SMILES string of the molecule is COCCN(C)CCC[C@H](C(C)C)N1CC2(CCC(=O)CC2)C1. The molecule has 1 saturated heterocycles.